The van der Waals surface area contributed by atoms with E-state index in [0.717, 1.165) is 32.4 Å². The fourth-order valence-corrected chi connectivity index (χ4v) is 4.37. The molecule has 0 radical (unpaired) electrons. The van der Waals surface area contributed by atoms with Crippen LogP contribution in [0.4, 0.5) is 0 Å². The van der Waals surface area contributed by atoms with Gasteiger partial charge in [-0.15, -0.1) is 0 Å². The fourth-order valence-electron chi connectivity index (χ4n) is 4.37. The quantitative estimate of drug-likeness (QED) is 0.850. The summed E-state index contributed by atoms with van der Waals surface area (Å²) in [5.74, 6) is 0.890. The molecule has 3 fully saturated rings. The zero-order chi connectivity index (χ0) is 19.5. The Balaban J connectivity index is 1.29. The summed E-state index contributed by atoms with van der Waals surface area (Å²) in [6.07, 6.45) is 4.62. The standard InChI is InChI=1S/C21H27N3O4/c25-19-12-16-13-24(11-8-18(16)22-19)21(27)15-4-6-17(7-5-15)28-14-20(26)23-9-2-1-3-10-23/h4-7,16,18H,1-3,8-14H2,(H,22,25)/t16-,18+/m1/s1. The van der Waals surface area contributed by atoms with Crippen molar-refractivity contribution in [3.8, 4) is 5.75 Å². The first-order chi connectivity index (χ1) is 13.6. The van der Waals surface area contributed by atoms with Crippen LogP contribution in [-0.2, 0) is 9.59 Å². The van der Waals surface area contributed by atoms with Gasteiger partial charge in [0.05, 0.1) is 0 Å². The van der Waals surface area contributed by atoms with Crippen LogP contribution in [-0.4, -0.2) is 66.3 Å². The van der Waals surface area contributed by atoms with Gasteiger partial charge in [-0.3, -0.25) is 14.4 Å². The van der Waals surface area contributed by atoms with E-state index in [1.54, 1.807) is 24.3 Å². The Labute approximate surface area is 165 Å². The molecular formula is C21H27N3O4. The van der Waals surface area contributed by atoms with Gasteiger partial charge in [0.2, 0.25) is 5.91 Å². The van der Waals surface area contributed by atoms with Crippen LogP contribution in [0.2, 0.25) is 0 Å². The van der Waals surface area contributed by atoms with Crippen molar-refractivity contribution in [2.75, 3.05) is 32.8 Å². The lowest BCUT2D eigenvalue weighted by molar-refractivity contribution is -0.134. The van der Waals surface area contributed by atoms with E-state index in [4.69, 9.17) is 4.74 Å². The second-order valence-electron chi connectivity index (χ2n) is 7.93. The number of likely N-dealkylation sites (tertiary alicyclic amines) is 2. The first-order valence-electron chi connectivity index (χ1n) is 10.2. The minimum absolute atomic E-state index is 0.0162. The number of carbonyl (C=O) groups excluding carboxylic acids is 3. The summed E-state index contributed by atoms with van der Waals surface area (Å²) in [5, 5.41) is 2.98. The van der Waals surface area contributed by atoms with Crippen LogP contribution >= 0.6 is 0 Å². The fraction of sp³-hybridized carbons (Fsp3) is 0.571. The first-order valence-corrected chi connectivity index (χ1v) is 10.2. The largest absolute Gasteiger partial charge is 0.484 e. The van der Waals surface area contributed by atoms with Crippen LogP contribution in [0.15, 0.2) is 24.3 Å². The molecule has 3 amide bonds. The number of fused-ring (bicyclic) bond motifs is 1. The van der Waals surface area contributed by atoms with E-state index in [1.807, 2.05) is 9.80 Å². The number of hydrogen-bond donors (Lipinski definition) is 1. The summed E-state index contributed by atoms with van der Waals surface area (Å²) in [4.78, 5) is 40.2. The molecule has 3 heterocycles. The molecule has 1 N–H and O–H groups in total. The molecule has 0 spiro atoms. The molecule has 0 unspecified atom stereocenters. The van der Waals surface area contributed by atoms with E-state index in [1.165, 1.54) is 6.42 Å². The summed E-state index contributed by atoms with van der Waals surface area (Å²) in [5.41, 5.74) is 0.602. The summed E-state index contributed by atoms with van der Waals surface area (Å²) in [6.45, 7) is 2.93. The molecule has 0 aliphatic carbocycles. The maximum absolute atomic E-state index is 12.8. The molecule has 7 nitrogen and oxygen atoms in total. The Hall–Kier alpha value is -2.57. The highest BCUT2D eigenvalue weighted by Gasteiger charge is 2.38. The van der Waals surface area contributed by atoms with Crippen LogP contribution in [0.3, 0.4) is 0 Å². The van der Waals surface area contributed by atoms with Gasteiger partial charge in [0, 0.05) is 50.1 Å². The summed E-state index contributed by atoms with van der Waals surface area (Å²) in [7, 11) is 0. The Morgan fingerprint density at radius 1 is 1.04 bits per heavy atom. The van der Waals surface area contributed by atoms with Crippen LogP contribution in [0.1, 0.15) is 42.5 Å². The molecule has 3 saturated heterocycles. The van der Waals surface area contributed by atoms with Gasteiger partial charge >= 0.3 is 0 Å². The van der Waals surface area contributed by atoms with Crippen LogP contribution < -0.4 is 10.1 Å². The third-order valence-electron chi connectivity index (χ3n) is 5.99. The molecule has 150 valence electrons. The average Bonchev–Trinajstić information content (AvgIpc) is 3.11. The van der Waals surface area contributed by atoms with Crippen LogP contribution in [0.25, 0.3) is 0 Å². The van der Waals surface area contributed by atoms with E-state index in [9.17, 15) is 14.4 Å². The Kier molecular flexibility index (Phi) is 5.50. The number of nitrogens with one attached hydrogen (secondary N) is 1. The third-order valence-corrected chi connectivity index (χ3v) is 5.99. The minimum Gasteiger partial charge on any atom is -0.484 e. The number of rotatable bonds is 4. The average molecular weight is 385 g/mol. The van der Waals surface area contributed by atoms with Crippen molar-refractivity contribution in [3.05, 3.63) is 29.8 Å². The van der Waals surface area contributed by atoms with E-state index >= 15 is 0 Å². The van der Waals surface area contributed by atoms with Gasteiger partial charge in [-0.2, -0.15) is 0 Å². The second-order valence-corrected chi connectivity index (χ2v) is 7.93. The SMILES string of the molecule is O=C1C[C@@H]2CN(C(=O)c3ccc(OCC(=O)N4CCCCC4)cc3)CC[C@@H]2N1. The van der Waals surface area contributed by atoms with Gasteiger partial charge in [0.15, 0.2) is 6.61 Å². The van der Waals surface area contributed by atoms with Crippen molar-refractivity contribution >= 4 is 17.7 Å². The summed E-state index contributed by atoms with van der Waals surface area (Å²) in [6, 6.07) is 7.18. The smallest absolute Gasteiger partial charge is 0.260 e. The molecule has 4 rings (SSSR count). The van der Waals surface area contributed by atoms with Crippen molar-refractivity contribution < 1.29 is 19.1 Å². The summed E-state index contributed by atoms with van der Waals surface area (Å²) >= 11 is 0. The lowest BCUT2D eigenvalue weighted by Gasteiger charge is -2.34. The van der Waals surface area contributed by atoms with Gasteiger partial charge in [-0.05, 0) is 49.9 Å². The molecule has 0 aromatic heterocycles. The van der Waals surface area contributed by atoms with Crippen molar-refractivity contribution in [2.45, 2.75) is 38.1 Å². The zero-order valence-electron chi connectivity index (χ0n) is 16.1. The number of carbonyl (C=O) groups is 3. The highest BCUT2D eigenvalue weighted by Crippen LogP contribution is 2.26. The molecule has 7 heteroatoms. The number of nitrogens with zero attached hydrogens (tertiary/aromatic N) is 2. The number of piperidine rings is 2. The zero-order valence-corrected chi connectivity index (χ0v) is 16.1. The molecular weight excluding hydrogens is 358 g/mol. The monoisotopic (exact) mass is 385 g/mol. The molecule has 3 aliphatic heterocycles. The Bertz CT molecular complexity index is 743. The van der Waals surface area contributed by atoms with Crippen molar-refractivity contribution in [3.63, 3.8) is 0 Å². The second kappa shape index (κ2) is 8.20. The Morgan fingerprint density at radius 2 is 1.79 bits per heavy atom. The van der Waals surface area contributed by atoms with E-state index in [2.05, 4.69) is 5.32 Å². The first kappa shape index (κ1) is 18.8. The third kappa shape index (κ3) is 4.13. The minimum atomic E-state index is -0.0197. The normalized spacial score (nSPS) is 24.5. The molecule has 28 heavy (non-hydrogen) atoms. The molecule has 2 atom stereocenters. The van der Waals surface area contributed by atoms with E-state index in [0.29, 0.717) is 30.8 Å². The maximum Gasteiger partial charge on any atom is 0.260 e. The number of benzene rings is 1. The molecule has 0 saturated carbocycles. The van der Waals surface area contributed by atoms with Crippen LogP contribution in [0.5, 0.6) is 5.75 Å². The van der Waals surface area contributed by atoms with Crippen molar-refractivity contribution in [1.82, 2.24) is 15.1 Å². The van der Waals surface area contributed by atoms with Gasteiger partial charge in [0.1, 0.15) is 5.75 Å². The topological polar surface area (TPSA) is 79.0 Å². The molecule has 1 aromatic rings. The number of hydrogen-bond acceptors (Lipinski definition) is 4. The van der Waals surface area contributed by atoms with Crippen molar-refractivity contribution in [2.24, 2.45) is 5.92 Å². The van der Waals surface area contributed by atoms with Gasteiger partial charge in [-0.25, -0.2) is 0 Å². The molecule has 0 bridgehead atoms. The van der Waals surface area contributed by atoms with Crippen molar-refractivity contribution in [1.29, 1.82) is 0 Å². The van der Waals surface area contributed by atoms with Gasteiger partial charge < -0.3 is 19.9 Å². The van der Waals surface area contributed by atoms with Gasteiger partial charge in [0.25, 0.3) is 11.8 Å². The predicted octanol–water partition coefficient (Wildman–Crippen LogP) is 1.43. The predicted molar refractivity (Wildman–Crippen MR) is 103 cm³/mol. The lowest BCUT2D eigenvalue weighted by Crippen LogP contribution is -2.47. The lowest BCUT2D eigenvalue weighted by atomic mass is 9.93. The highest BCUT2D eigenvalue weighted by molar-refractivity contribution is 5.94. The van der Waals surface area contributed by atoms with E-state index in [-0.39, 0.29) is 36.3 Å². The number of ether oxygens (including phenoxy) is 1. The highest BCUT2D eigenvalue weighted by atomic mass is 16.5. The molecule has 3 aliphatic rings. The van der Waals surface area contributed by atoms with Crippen LogP contribution in [0, 0.1) is 5.92 Å². The molecule has 1 aromatic carbocycles. The summed E-state index contributed by atoms with van der Waals surface area (Å²) < 4.78 is 5.61. The van der Waals surface area contributed by atoms with Gasteiger partial charge in [-0.1, -0.05) is 0 Å². The maximum atomic E-state index is 12.8. The Morgan fingerprint density at radius 3 is 2.54 bits per heavy atom. The van der Waals surface area contributed by atoms with E-state index < -0.39 is 0 Å². The number of amides is 3.